The van der Waals surface area contributed by atoms with E-state index in [1.807, 2.05) is 0 Å². The minimum absolute atomic E-state index is 0.193. The van der Waals surface area contributed by atoms with Crippen LogP contribution in [0.5, 0.6) is 5.75 Å². The number of hydrogen-bond donors (Lipinski definition) is 3. The molecule has 0 atom stereocenters. The average molecular weight is 438 g/mol. The van der Waals surface area contributed by atoms with E-state index in [0.717, 1.165) is 0 Å². The molecule has 7 nitrogen and oxygen atoms in total. The monoisotopic (exact) mass is 437 g/mol. The Kier molecular flexibility index (Phi) is 7.24. The van der Waals surface area contributed by atoms with E-state index in [1.165, 1.54) is 0 Å². The van der Waals surface area contributed by atoms with Crippen molar-refractivity contribution < 1.29 is 19.1 Å². The molecule has 0 radical (unpaired) electrons. The maximum Gasteiger partial charge on any atom is 0.255 e. The second-order valence-corrected chi connectivity index (χ2v) is 6.93. The fourth-order valence-electron chi connectivity index (χ4n) is 2.65. The van der Waals surface area contributed by atoms with Crippen molar-refractivity contribution in [3.05, 3.63) is 88.9 Å². The lowest BCUT2D eigenvalue weighted by Gasteiger charge is -2.09. The summed E-state index contributed by atoms with van der Waals surface area (Å²) in [5, 5.41) is 8.51. The van der Waals surface area contributed by atoms with Gasteiger partial charge in [0.25, 0.3) is 11.8 Å². The Morgan fingerprint density at radius 1 is 0.742 bits per heavy atom. The summed E-state index contributed by atoms with van der Waals surface area (Å²) >= 11 is 5.79. The zero-order valence-corrected chi connectivity index (χ0v) is 17.4. The molecule has 3 rings (SSSR count). The second-order valence-electron chi connectivity index (χ2n) is 6.50. The summed E-state index contributed by atoms with van der Waals surface area (Å²) in [5.41, 5.74) is 1.99. The molecular formula is C23H20ClN3O4. The minimum atomic E-state index is -0.391. The third-order valence-electron chi connectivity index (χ3n) is 4.29. The number of nitrogens with one attached hydrogen (secondary N) is 3. The van der Waals surface area contributed by atoms with Crippen LogP contribution in [0.1, 0.15) is 20.7 Å². The fourth-order valence-corrected chi connectivity index (χ4v) is 2.78. The summed E-state index contributed by atoms with van der Waals surface area (Å²) in [6.45, 7) is -0.193. The van der Waals surface area contributed by atoms with Crippen molar-refractivity contribution in [1.82, 2.24) is 5.32 Å². The number of methoxy groups -OCH3 is 1. The molecule has 0 heterocycles. The number of rotatable bonds is 7. The van der Waals surface area contributed by atoms with Crippen molar-refractivity contribution in [2.24, 2.45) is 0 Å². The van der Waals surface area contributed by atoms with Gasteiger partial charge in [-0.1, -0.05) is 11.6 Å². The molecule has 0 saturated carbocycles. The largest absolute Gasteiger partial charge is 0.497 e. The van der Waals surface area contributed by atoms with Gasteiger partial charge in [-0.05, 0) is 72.8 Å². The van der Waals surface area contributed by atoms with Crippen LogP contribution in [0.3, 0.4) is 0 Å². The average Bonchev–Trinajstić information content (AvgIpc) is 2.79. The number of carbonyl (C=O) groups is 3. The number of amides is 3. The first-order chi connectivity index (χ1) is 14.9. The van der Waals surface area contributed by atoms with Crippen LogP contribution >= 0.6 is 11.6 Å². The van der Waals surface area contributed by atoms with Gasteiger partial charge in [-0.15, -0.1) is 0 Å². The lowest BCUT2D eigenvalue weighted by atomic mass is 10.2. The standard InChI is InChI=1S/C23H20ClN3O4/c1-31-20-12-10-19(11-13-20)27-23(30)16-4-8-18(9-5-16)26-21(28)14-25-22(29)15-2-6-17(24)7-3-15/h2-13H,14H2,1H3,(H,25,29)(H,26,28)(H,27,30). The molecule has 3 aromatic rings. The summed E-state index contributed by atoms with van der Waals surface area (Å²) < 4.78 is 5.09. The maximum absolute atomic E-state index is 12.3. The normalized spacial score (nSPS) is 10.1. The highest BCUT2D eigenvalue weighted by Crippen LogP contribution is 2.17. The van der Waals surface area contributed by atoms with Crippen molar-refractivity contribution in [3.8, 4) is 5.75 Å². The quantitative estimate of drug-likeness (QED) is 0.521. The van der Waals surface area contributed by atoms with E-state index in [2.05, 4.69) is 16.0 Å². The molecule has 0 unspecified atom stereocenters. The van der Waals surface area contributed by atoms with Crippen LogP contribution in [0.15, 0.2) is 72.8 Å². The molecule has 0 aliphatic heterocycles. The Bertz CT molecular complexity index is 1070. The Hall–Kier alpha value is -3.84. The van der Waals surface area contributed by atoms with Gasteiger partial charge in [0.15, 0.2) is 0 Å². The molecule has 0 saturated heterocycles. The van der Waals surface area contributed by atoms with E-state index in [9.17, 15) is 14.4 Å². The molecule has 8 heteroatoms. The summed E-state index contributed by atoms with van der Waals surface area (Å²) in [4.78, 5) is 36.5. The van der Waals surface area contributed by atoms with Crippen molar-refractivity contribution in [1.29, 1.82) is 0 Å². The van der Waals surface area contributed by atoms with Gasteiger partial charge in [-0.2, -0.15) is 0 Å². The van der Waals surface area contributed by atoms with Crippen LogP contribution in [-0.4, -0.2) is 31.4 Å². The molecule has 0 fully saturated rings. The zero-order valence-electron chi connectivity index (χ0n) is 16.6. The summed E-state index contributed by atoms with van der Waals surface area (Å²) in [5.74, 6) is -0.351. The van der Waals surface area contributed by atoms with Gasteiger partial charge in [0, 0.05) is 27.5 Å². The van der Waals surface area contributed by atoms with Gasteiger partial charge >= 0.3 is 0 Å². The van der Waals surface area contributed by atoms with Crippen LogP contribution in [0, 0.1) is 0 Å². The number of ether oxygens (including phenoxy) is 1. The molecule has 0 aliphatic carbocycles. The smallest absolute Gasteiger partial charge is 0.255 e. The van der Waals surface area contributed by atoms with Crippen LogP contribution in [0.25, 0.3) is 0 Å². The summed E-state index contributed by atoms with van der Waals surface area (Å²) in [6.07, 6.45) is 0. The first-order valence-electron chi connectivity index (χ1n) is 9.33. The number of anilines is 2. The van der Waals surface area contributed by atoms with Crippen molar-refractivity contribution in [3.63, 3.8) is 0 Å². The highest BCUT2D eigenvalue weighted by molar-refractivity contribution is 6.30. The molecule has 3 amide bonds. The molecule has 31 heavy (non-hydrogen) atoms. The van der Waals surface area contributed by atoms with Crippen LogP contribution < -0.4 is 20.7 Å². The highest BCUT2D eigenvalue weighted by Gasteiger charge is 2.10. The molecule has 0 spiro atoms. The predicted octanol–water partition coefficient (Wildman–Crippen LogP) is 3.97. The Morgan fingerprint density at radius 3 is 1.87 bits per heavy atom. The van der Waals surface area contributed by atoms with Crippen LogP contribution in [0.2, 0.25) is 5.02 Å². The lowest BCUT2D eigenvalue weighted by molar-refractivity contribution is -0.115. The first-order valence-corrected chi connectivity index (χ1v) is 9.71. The van der Waals surface area contributed by atoms with E-state index in [-0.39, 0.29) is 18.4 Å². The molecule has 158 valence electrons. The Morgan fingerprint density at radius 2 is 1.26 bits per heavy atom. The van der Waals surface area contributed by atoms with E-state index in [1.54, 1.807) is 79.9 Å². The van der Waals surface area contributed by atoms with Crippen molar-refractivity contribution >= 4 is 40.7 Å². The third kappa shape index (κ3) is 6.32. The molecular weight excluding hydrogens is 418 g/mol. The second kappa shape index (κ2) is 10.3. The van der Waals surface area contributed by atoms with Gasteiger partial charge in [-0.3, -0.25) is 14.4 Å². The van der Waals surface area contributed by atoms with Crippen LogP contribution in [0.4, 0.5) is 11.4 Å². The Labute approximate surface area is 184 Å². The van der Waals surface area contributed by atoms with E-state index >= 15 is 0 Å². The SMILES string of the molecule is COc1ccc(NC(=O)c2ccc(NC(=O)CNC(=O)c3ccc(Cl)cc3)cc2)cc1. The van der Waals surface area contributed by atoms with Crippen LogP contribution in [-0.2, 0) is 4.79 Å². The van der Waals surface area contributed by atoms with E-state index in [0.29, 0.717) is 33.3 Å². The number of hydrogen-bond acceptors (Lipinski definition) is 4. The van der Waals surface area contributed by atoms with Crippen molar-refractivity contribution in [2.45, 2.75) is 0 Å². The zero-order chi connectivity index (χ0) is 22.2. The third-order valence-corrected chi connectivity index (χ3v) is 4.55. The lowest BCUT2D eigenvalue weighted by Crippen LogP contribution is -2.32. The minimum Gasteiger partial charge on any atom is -0.497 e. The summed E-state index contributed by atoms with van der Waals surface area (Å²) in [7, 11) is 1.57. The van der Waals surface area contributed by atoms with Gasteiger partial charge in [0.2, 0.25) is 5.91 Å². The topological polar surface area (TPSA) is 96.5 Å². The number of halogens is 1. The predicted molar refractivity (Wildman–Crippen MR) is 120 cm³/mol. The summed E-state index contributed by atoms with van der Waals surface area (Å²) in [6, 6.07) is 19.8. The highest BCUT2D eigenvalue weighted by atomic mass is 35.5. The number of carbonyl (C=O) groups excluding carboxylic acids is 3. The first kappa shape index (κ1) is 21.9. The Balaban J connectivity index is 1.49. The molecule has 3 aromatic carbocycles. The molecule has 0 aliphatic rings. The van der Waals surface area contributed by atoms with Gasteiger partial charge in [0.1, 0.15) is 5.75 Å². The van der Waals surface area contributed by atoms with Crippen molar-refractivity contribution in [2.75, 3.05) is 24.3 Å². The van der Waals surface area contributed by atoms with E-state index in [4.69, 9.17) is 16.3 Å². The molecule has 0 bridgehead atoms. The number of benzene rings is 3. The molecule has 0 aromatic heterocycles. The molecule has 3 N–H and O–H groups in total. The van der Waals surface area contributed by atoms with E-state index < -0.39 is 5.91 Å². The van der Waals surface area contributed by atoms with Gasteiger partial charge in [0.05, 0.1) is 13.7 Å². The van der Waals surface area contributed by atoms with Gasteiger partial charge < -0.3 is 20.7 Å². The van der Waals surface area contributed by atoms with Gasteiger partial charge in [-0.25, -0.2) is 0 Å². The fraction of sp³-hybridized carbons (Fsp3) is 0.0870. The maximum atomic E-state index is 12.3.